The molecule has 1 aromatic heterocycles. The average Bonchev–Trinajstić information content (AvgIpc) is 3.09. The van der Waals surface area contributed by atoms with Crippen molar-refractivity contribution < 1.29 is 9.47 Å². The molecule has 0 bridgehead atoms. The molecule has 0 amide bonds. The molecule has 0 spiro atoms. The van der Waals surface area contributed by atoms with E-state index in [0.717, 1.165) is 54.7 Å². The molecule has 0 radical (unpaired) electrons. The van der Waals surface area contributed by atoms with Crippen LogP contribution in [0.5, 0.6) is 11.5 Å². The summed E-state index contributed by atoms with van der Waals surface area (Å²) >= 11 is 0. The Morgan fingerprint density at radius 3 is 2.63 bits per heavy atom. The summed E-state index contributed by atoms with van der Waals surface area (Å²) in [6, 6.07) is 14.1. The number of benzene rings is 2. The van der Waals surface area contributed by atoms with Gasteiger partial charge in [-0.25, -0.2) is 9.98 Å². The van der Waals surface area contributed by atoms with E-state index in [1.165, 1.54) is 5.52 Å². The predicted molar refractivity (Wildman–Crippen MR) is 121 cm³/mol. The maximum absolute atomic E-state index is 5.37. The molecule has 3 rings (SSSR count). The molecular formula is C23H31N5O2. The summed E-state index contributed by atoms with van der Waals surface area (Å²) in [4.78, 5) is 9.33. The molecule has 0 saturated carbocycles. The fourth-order valence-corrected chi connectivity index (χ4v) is 3.41. The lowest BCUT2D eigenvalue weighted by Gasteiger charge is -2.13. The first-order chi connectivity index (χ1) is 14.7. The third-order valence-electron chi connectivity index (χ3n) is 4.91. The number of hydrogen-bond acceptors (Lipinski definition) is 4. The first-order valence-corrected chi connectivity index (χ1v) is 10.3. The van der Waals surface area contributed by atoms with Crippen LogP contribution in [0.1, 0.15) is 24.7 Å². The Labute approximate surface area is 178 Å². The molecule has 0 atom stereocenters. The molecule has 0 aliphatic heterocycles. The molecule has 160 valence electrons. The van der Waals surface area contributed by atoms with Gasteiger partial charge in [0.15, 0.2) is 17.5 Å². The molecule has 3 aromatic rings. The number of hydrogen-bond donors (Lipinski definition) is 2. The van der Waals surface area contributed by atoms with Gasteiger partial charge in [-0.15, -0.1) is 0 Å². The second-order valence-corrected chi connectivity index (χ2v) is 6.96. The van der Waals surface area contributed by atoms with Gasteiger partial charge in [0.25, 0.3) is 0 Å². The van der Waals surface area contributed by atoms with Crippen LogP contribution in [0.3, 0.4) is 0 Å². The quantitative estimate of drug-likeness (QED) is 0.321. The number of para-hydroxylation sites is 2. The van der Waals surface area contributed by atoms with Crippen molar-refractivity contribution in [2.75, 3.05) is 27.3 Å². The SMILES string of the molecule is CCNC(=NCc1ccc(OC)c(OC)c1)NCCCn1c(C)nc2ccccc21. The van der Waals surface area contributed by atoms with Gasteiger partial charge in [0.1, 0.15) is 5.82 Å². The summed E-state index contributed by atoms with van der Waals surface area (Å²) in [5.74, 6) is 3.29. The van der Waals surface area contributed by atoms with E-state index in [4.69, 9.17) is 14.5 Å². The summed E-state index contributed by atoms with van der Waals surface area (Å²) in [5, 5.41) is 6.72. The van der Waals surface area contributed by atoms with Gasteiger partial charge in [-0.1, -0.05) is 18.2 Å². The van der Waals surface area contributed by atoms with Crippen LogP contribution >= 0.6 is 0 Å². The number of aliphatic imine (C=N–C) groups is 1. The van der Waals surface area contributed by atoms with E-state index in [0.29, 0.717) is 12.3 Å². The van der Waals surface area contributed by atoms with Gasteiger partial charge in [0.2, 0.25) is 0 Å². The van der Waals surface area contributed by atoms with Crippen LogP contribution in [0.4, 0.5) is 0 Å². The second kappa shape index (κ2) is 10.5. The van der Waals surface area contributed by atoms with Gasteiger partial charge < -0.3 is 24.7 Å². The van der Waals surface area contributed by atoms with Crippen molar-refractivity contribution in [2.24, 2.45) is 4.99 Å². The fraction of sp³-hybridized carbons (Fsp3) is 0.391. The molecular weight excluding hydrogens is 378 g/mol. The number of rotatable bonds is 9. The van der Waals surface area contributed by atoms with Gasteiger partial charge in [-0.2, -0.15) is 0 Å². The molecule has 30 heavy (non-hydrogen) atoms. The monoisotopic (exact) mass is 409 g/mol. The van der Waals surface area contributed by atoms with Gasteiger partial charge in [0.05, 0.1) is 31.8 Å². The summed E-state index contributed by atoms with van der Waals surface area (Å²) in [6.07, 6.45) is 0.974. The highest BCUT2D eigenvalue weighted by Gasteiger charge is 2.07. The molecule has 0 saturated heterocycles. The van der Waals surface area contributed by atoms with Gasteiger partial charge >= 0.3 is 0 Å². The zero-order valence-corrected chi connectivity index (χ0v) is 18.2. The smallest absolute Gasteiger partial charge is 0.191 e. The topological polar surface area (TPSA) is 72.7 Å². The lowest BCUT2D eigenvalue weighted by molar-refractivity contribution is 0.354. The molecule has 7 heteroatoms. The van der Waals surface area contributed by atoms with Gasteiger partial charge in [-0.3, -0.25) is 0 Å². The van der Waals surface area contributed by atoms with Crippen LogP contribution in [0.15, 0.2) is 47.5 Å². The molecule has 1 heterocycles. The highest BCUT2D eigenvalue weighted by atomic mass is 16.5. The molecule has 2 aromatic carbocycles. The molecule has 7 nitrogen and oxygen atoms in total. The summed E-state index contributed by atoms with van der Waals surface area (Å²) in [7, 11) is 3.28. The largest absolute Gasteiger partial charge is 0.493 e. The molecule has 0 unspecified atom stereocenters. The number of aryl methyl sites for hydroxylation is 2. The van der Waals surface area contributed by atoms with E-state index in [-0.39, 0.29) is 0 Å². The third-order valence-corrected chi connectivity index (χ3v) is 4.91. The van der Waals surface area contributed by atoms with Crippen molar-refractivity contribution in [3.63, 3.8) is 0 Å². The van der Waals surface area contributed by atoms with Crippen molar-refractivity contribution in [3.05, 3.63) is 53.9 Å². The Hall–Kier alpha value is -3.22. The third kappa shape index (κ3) is 5.23. The number of imidazole rings is 1. The molecule has 2 N–H and O–H groups in total. The van der Waals surface area contributed by atoms with Crippen LogP contribution in [0.2, 0.25) is 0 Å². The summed E-state index contributed by atoms with van der Waals surface area (Å²) < 4.78 is 12.9. The Bertz CT molecular complexity index is 996. The van der Waals surface area contributed by atoms with Crippen molar-refractivity contribution in [2.45, 2.75) is 33.4 Å². The Balaban J connectivity index is 1.57. The van der Waals surface area contributed by atoms with Crippen molar-refractivity contribution in [1.29, 1.82) is 0 Å². The minimum Gasteiger partial charge on any atom is -0.493 e. The summed E-state index contributed by atoms with van der Waals surface area (Å²) in [5.41, 5.74) is 3.29. The van der Waals surface area contributed by atoms with Crippen molar-refractivity contribution in [1.82, 2.24) is 20.2 Å². The van der Waals surface area contributed by atoms with Gasteiger partial charge in [0, 0.05) is 19.6 Å². The first kappa shape index (κ1) is 21.5. The number of nitrogens with zero attached hydrogens (tertiary/aromatic N) is 3. The van der Waals surface area contributed by atoms with E-state index in [1.807, 2.05) is 24.3 Å². The number of guanidine groups is 1. The maximum atomic E-state index is 5.37. The number of fused-ring (bicyclic) bond motifs is 1. The van der Waals surface area contributed by atoms with E-state index < -0.39 is 0 Å². The lowest BCUT2D eigenvalue weighted by Crippen LogP contribution is -2.38. The lowest BCUT2D eigenvalue weighted by atomic mass is 10.2. The van der Waals surface area contributed by atoms with Crippen LogP contribution in [0, 0.1) is 6.92 Å². The number of ether oxygens (including phenoxy) is 2. The zero-order chi connectivity index (χ0) is 21.3. The zero-order valence-electron chi connectivity index (χ0n) is 18.2. The Kier molecular flexibility index (Phi) is 7.54. The Morgan fingerprint density at radius 1 is 1.07 bits per heavy atom. The van der Waals surface area contributed by atoms with Crippen molar-refractivity contribution in [3.8, 4) is 11.5 Å². The minimum absolute atomic E-state index is 0.557. The van der Waals surface area contributed by atoms with Crippen LogP contribution in [-0.4, -0.2) is 42.8 Å². The van der Waals surface area contributed by atoms with E-state index >= 15 is 0 Å². The average molecular weight is 410 g/mol. The highest BCUT2D eigenvalue weighted by molar-refractivity contribution is 5.79. The van der Waals surface area contributed by atoms with Gasteiger partial charge in [-0.05, 0) is 50.1 Å². The first-order valence-electron chi connectivity index (χ1n) is 10.3. The molecule has 0 aliphatic rings. The Morgan fingerprint density at radius 2 is 1.87 bits per heavy atom. The van der Waals surface area contributed by atoms with Crippen LogP contribution in [-0.2, 0) is 13.1 Å². The summed E-state index contributed by atoms with van der Waals surface area (Å²) in [6.45, 7) is 7.22. The van der Waals surface area contributed by atoms with E-state index in [9.17, 15) is 0 Å². The van der Waals surface area contributed by atoms with Crippen LogP contribution in [0.25, 0.3) is 11.0 Å². The maximum Gasteiger partial charge on any atom is 0.191 e. The predicted octanol–water partition coefficient (Wildman–Crippen LogP) is 3.51. The minimum atomic E-state index is 0.557. The van der Waals surface area contributed by atoms with Crippen molar-refractivity contribution >= 4 is 17.0 Å². The number of methoxy groups -OCH3 is 2. The number of aromatic nitrogens is 2. The second-order valence-electron chi connectivity index (χ2n) is 6.96. The molecule has 0 fully saturated rings. The highest BCUT2D eigenvalue weighted by Crippen LogP contribution is 2.27. The molecule has 0 aliphatic carbocycles. The standard InChI is InChI=1S/C23H31N5O2/c1-5-24-23(26-16-18-11-12-21(29-3)22(15-18)30-4)25-13-8-14-28-17(2)27-19-9-6-7-10-20(19)28/h6-7,9-12,15H,5,8,13-14,16H2,1-4H3,(H2,24,25,26). The van der Waals surface area contributed by atoms with E-state index in [1.54, 1.807) is 14.2 Å². The fourth-order valence-electron chi connectivity index (χ4n) is 3.41. The van der Waals surface area contributed by atoms with Crippen LogP contribution < -0.4 is 20.1 Å². The number of nitrogens with one attached hydrogen (secondary N) is 2. The normalized spacial score (nSPS) is 11.5. The van der Waals surface area contributed by atoms with E-state index in [2.05, 4.69) is 52.2 Å².